The van der Waals surface area contributed by atoms with Crippen LogP contribution in [-0.2, 0) is 4.79 Å². The summed E-state index contributed by atoms with van der Waals surface area (Å²) < 4.78 is 0. The quantitative estimate of drug-likeness (QED) is 0.841. The van der Waals surface area contributed by atoms with E-state index in [2.05, 4.69) is 5.32 Å². The predicted octanol–water partition coefficient (Wildman–Crippen LogP) is 1.56. The fourth-order valence-corrected chi connectivity index (χ4v) is 2.01. The molecule has 0 radical (unpaired) electrons. The number of nitrogens with one attached hydrogen (secondary N) is 1. The van der Waals surface area contributed by atoms with Gasteiger partial charge in [0, 0.05) is 6.04 Å². The molecule has 1 N–H and O–H groups in total. The zero-order valence-electron chi connectivity index (χ0n) is 10.1. The standard InChI is InChI=1S/C13H16N2O2/c1-3-9(2)15-11-7-5-4-6-10(11)13(17)14-8-12(15)16/h4-7,9H,3,8H2,1-2H3,(H,14,17). The summed E-state index contributed by atoms with van der Waals surface area (Å²) >= 11 is 0. The Bertz CT molecular complexity index is 456. The van der Waals surface area contributed by atoms with Crippen molar-refractivity contribution in [2.75, 3.05) is 11.4 Å². The van der Waals surface area contributed by atoms with Gasteiger partial charge in [0.1, 0.15) is 0 Å². The minimum absolute atomic E-state index is 0.0577. The van der Waals surface area contributed by atoms with Gasteiger partial charge < -0.3 is 10.2 Å². The first kappa shape index (κ1) is 11.6. The second-order valence-corrected chi connectivity index (χ2v) is 4.22. The van der Waals surface area contributed by atoms with Crippen molar-refractivity contribution in [2.45, 2.75) is 26.3 Å². The number of benzene rings is 1. The first-order chi connectivity index (χ1) is 8.15. The summed E-state index contributed by atoms with van der Waals surface area (Å²) in [6.07, 6.45) is 0.855. The smallest absolute Gasteiger partial charge is 0.253 e. The monoisotopic (exact) mass is 232 g/mol. The van der Waals surface area contributed by atoms with E-state index in [1.165, 1.54) is 0 Å². The van der Waals surface area contributed by atoms with Crippen molar-refractivity contribution >= 4 is 17.5 Å². The number of rotatable bonds is 2. The van der Waals surface area contributed by atoms with E-state index < -0.39 is 0 Å². The average Bonchev–Trinajstić information content (AvgIpc) is 2.47. The van der Waals surface area contributed by atoms with Crippen molar-refractivity contribution in [2.24, 2.45) is 0 Å². The van der Waals surface area contributed by atoms with Gasteiger partial charge in [-0.3, -0.25) is 9.59 Å². The van der Waals surface area contributed by atoms with Crippen LogP contribution in [0.25, 0.3) is 0 Å². The molecule has 0 fully saturated rings. The molecule has 0 bridgehead atoms. The van der Waals surface area contributed by atoms with Gasteiger partial charge in [0.15, 0.2) is 0 Å². The first-order valence-corrected chi connectivity index (χ1v) is 5.84. The number of carbonyl (C=O) groups is 2. The van der Waals surface area contributed by atoms with E-state index in [9.17, 15) is 9.59 Å². The number of carbonyl (C=O) groups excluding carboxylic acids is 2. The molecule has 90 valence electrons. The van der Waals surface area contributed by atoms with Crippen LogP contribution in [0.5, 0.6) is 0 Å². The molecule has 1 aliphatic rings. The Morgan fingerprint density at radius 3 is 2.76 bits per heavy atom. The highest BCUT2D eigenvalue weighted by Gasteiger charge is 2.28. The molecule has 1 atom stereocenters. The van der Waals surface area contributed by atoms with E-state index in [1.807, 2.05) is 32.0 Å². The lowest BCUT2D eigenvalue weighted by Gasteiger charge is -2.28. The summed E-state index contributed by atoms with van der Waals surface area (Å²) in [6.45, 7) is 4.09. The maximum Gasteiger partial charge on any atom is 0.253 e. The van der Waals surface area contributed by atoms with E-state index in [0.717, 1.165) is 6.42 Å². The Morgan fingerprint density at radius 2 is 2.06 bits per heavy atom. The normalized spacial score (nSPS) is 17.2. The summed E-state index contributed by atoms with van der Waals surface area (Å²) in [6, 6.07) is 7.32. The second kappa shape index (κ2) is 4.57. The molecule has 0 spiro atoms. The van der Waals surface area contributed by atoms with Crippen LogP contribution in [0.2, 0.25) is 0 Å². The minimum atomic E-state index is -0.181. The number of anilines is 1. The zero-order chi connectivity index (χ0) is 12.4. The van der Waals surface area contributed by atoms with Crippen LogP contribution in [0.1, 0.15) is 30.6 Å². The predicted molar refractivity (Wildman–Crippen MR) is 66.0 cm³/mol. The van der Waals surface area contributed by atoms with E-state index in [-0.39, 0.29) is 24.4 Å². The van der Waals surface area contributed by atoms with Crippen LogP contribution < -0.4 is 10.2 Å². The molecule has 2 rings (SSSR count). The van der Waals surface area contributed by atoms with Crippen molar-refractivity contribution in [1.82, 2.24) is 5.32 Å². The largest absolute Gasteiger partial charge is 0.343 e. The van der Waals surface area contributed by atoms with Gasteiger partial charge in [0.25, 0.3) is 5.91 Å². The van der Waals surface area contributed by atoms with Crippen LogP contribution in [0, 0.1) is 0 Å². The van der Waals surface area contributed by atoms with E-state index in [0.29, 0.717) is 11.3 Å². The molecule has 17 heavy (non-hydrogen) atoms. The fourth-order valence-electron chi connectivity index (χ4n) is 2.01. The Morgan fingerprint density at radius 1 is 1.35 bits per heavy atom. The van der Waals surface area contributed by atoms with Gasteiger partial charge in [0.2, 0.25) is 5.91 Å². The first-order valence-electron chi connectivity index (χ1n) is 5.84. The molecule has 4 nitrogen and oxygen atoms in total. The number of hydrogen-bond donors (Lipinski definition) is 1. The van der Waals surface area contributed by atoms with Gasteiger partial charge in [-0.1, -0.05) is 19.1 Å². The SMILES string of the molecule is CCC(C)N1C(=O)CNC(=O)c2ccccc21. The lowest BCUT2D eigenvalue weighted by Crippen LogP contribution is -2.41. The summed E-state index contributed by atoms with van der Waals surface area (Å²) in [7, 11) is 0. The van der Waals surface area contributed by atoms with Gasteiger partial charge in [-0.05, 0) is 25.5 Å². The minimum Gasteiger partial charge on any atom is -0.343 e. The number of para-hydroxylation sites is 1. The Kier molecular flexibility index (Phi) is 3.13. The highest BCUT2D eigenvalue weighted by molar-refractivity contribution is 6.09. The highest BCUT2D eigenvalue weighted by atomic mass is 16.2. The van der Waals surface area contributed by atoms with Gasteiger partial charge in [-0.25, -0.2) is 0 Å². The molecule has 4 heteroatoms. The molecule has 0 aromatic heterocycles. The lowest BCUT2D eigenvalue weighted by molar-refractivity contribution is -0.118. The van der Waals surface area contributed by atoms with Gasteiger partial charge >= 0.3 is 0 Å². The zero-order valence-corrected chi connectivity index (χ0v) is 10.1. The van der Waals surface area contributed by atoms with E-state index in [4.69, 9.17) is 0 Å². The molecular weight excluding hydrogens is 216 g/mol. The van der Waals surface area contributed by atoms with Crippen molar-refractivity contribution in [1.29, 1.82) is 0 Å². The Labute approximate surface area is 101 Å². The van der Waals surface area contributed by atoms with Crippen molar-refractivity contribution in [3.63, 3.8) is 0 Å². The Balaban J connectivity index is 2.53. The van der Waals surface area contributed by atoms with Crippen LogP contribution in [0.3, 0.4) is 0 Å². The molecular formula is C13H16N2O2. The molecule has 1 aliphatic heterocycles. The molecule has 0 aliphatic carbocycles. The van der Waals surface area contributed by atoms with Gasteiger partial charge in [-0.2, -0.15) is 0 Å². The third kappa shape index (κ3) is 2.02. The number of nitrogens with zero attached hydrogens (tertiary/aromatic N) is 1. The van der Waals surface area contributed by atoms with E-state index in [1.54, 1.807) is 11.0 Å². The van der Waals surface area contributed by atoms with Crippen molar-refractivity contribution in [3.05, 3.63) is 29.8 Å². The number of fused-ring (bicyclic) bond motifs is 1. The average molecular weight is 232 g/mol. The van der Waals surface area contributed by atoms with Crippen LogP contribution in [0.15, 0.2) is 24.3 Å². The maximum atomic E-state index is 12.0. The number of amides is 2. The molecule has 1 aromatic rings. The summed E-state index contributed by atoms with van der Waals surface area (Å²) in [4.78, 5) is 25.6. The molecule has 1 aromatic carbocycles. The van der Waals surface area contributed by atoms with Crippen LogP contribution >= 0.6 is 0 Å². The topological polar surface area (TPSA) is 49.4 Å². The molecule has 0 saturated carbocycles. The maximum absolute atomic E-state index is 12.0. The Hall–Kier alpha value is -1.84. The third-order valence-electron chi connectivity index (χ3n) is 3.11. The second-order valence-electron chi connectivity index (χ2n) is 4.22. The van der Waals surface area contributed by atoms with Gasteiger partial charge in [0.05, 0.1) is 17.8 Å². The van der Waals surface area contributed by atoms with Gasteiger partial charge in [-0.15, -0.1) is 0 Å². The molecule has 2 amide bonds. The highest BCUT2D eigenvalue weighted by Crippen LogP contribution is 2.25. The molecule has 1 heterocycles. The summed E-state index contributed by atoms with van der Waals surface area (Å²) in [5.41, 5.74) is 1.28. The molecule has 1 unspecified atom stereocenters. The fraction of sp³-hybridized carbons (Fsp3) is 0.385. The van der Waals surface area contributed by atoms with Crippen molar-refractivity contribution < 1.29 is 9.59 Å². The van der Waals surface area contributed by atoms with E-state index >= 15 is 0 Å². The van der Waals surface area contributed by atoms with Crippen LogP contribution in [0.4, 0.5) is 5.69 Å². The third-order valence-corrected chi connectivity index (χ3v) is 3.11. The number of hydrogen-bond acceptors (Lipinski definition) is 2. The molecule has 0 saturated heterocycles. The van der Waals surface area contributed by atoms with Crippen LogP contribution in [-0.4, -0.2) is 24.4 Å². The lowest BCUT2D eigenvalue weighted by atomic mass is 10.1. The summed E-state index contributed by atoms with van der Waals surface area (Å²) in [5.74, 6) is -0.239. The summed E-state index contributed by atoms with van der Waals surface area (Å²) in [5, 5.41) is 2.63. The van der Waals surface area contributed by atoms with Crippen molar-refractivity contribution in [3.8, 4) is 0 Å².